The molecule has 1 amide bonds. The van der Waals surface area contributed by atoms with Gasteiger partial charge in [-0.1, -0.05) is 41.9 Å². The number of amides is 1. The first-order valence-electron chi connectivity index (χ1n) is 6.49. The Morgan fingerprint density at radius 1 is 1.14 bits per heavy atom. The fourth-order valence-corrected chi connectivity index (χ4v) is 2.74. The zero-order valence-corrected chi connectivity index (χ0v) is 13.0. The lowest BCUT2D eigenvalue weighted by Crippen LogP contribution is -2.14. The molecule has 0 spiro atoms. The monoisotopic (exact) mass is 321 g/mol. The third kappa shape index (κ3) is 5.42. The first-order valence-corrected chi connectivity index (χ1v) is 8.02. The highest BCUT2D eigenvalue weighted by atomic mass is 35.5. The summed E-state index contributed by atoms with van der Waals surface area (Å²) >= 11 is 7.41. The number of halogens is 1. The summed E-state index contributed by atoms with van der Waals surface area (Å²) in [6.45, 7) is 0.0511. The Bertz CT molecular complexity index is 601. The normalized spacial score (nSPS) is 10.4. The lowest BCUT2D eigenvalue weighted by molar-refractivity contribution is -0.113. The molecule has 21 heavy (non-hydrogen) atoms. The van der Waals surface area contributed by atoms with Crippen LogP contribution in [0, 0.1) is 0 Å². The van der Waals surface area contributed by atoms with E-state index in [1.165, 1.54) is 0 Å². The number of anilines is 1. The van der Waals surface area contributed by atoms with Crippen molar-refractivity contribution in [3.8, 4) is 0 Å². The summed E-state index contributed by atoms with van der Waals surface area (Å²) in [6.07, 6.45) is 0. The first-order chi connectivity index (χ1) is 10.2. The summed E-state index contributed by atoms with van der Waals surface area (Å²) in [5.41, 5.74) is 2.73. The zero-order chi connectivity index (χ0) is 15.1. The Hall–Kier alpha value is -1.49. The number of thioether (sulfide) groups is 1. The van der Waals surface area contributed by atoms with Gasteiger partial charge in [-0.2, -0.15) is 0 Å². The number of nitrogens with one attached hydrogen (secondary N) is 1. The van der Waals surface area contributed by atoms with Crippen LogP contribution < -0.4 is 5.32 Å². The number of benzene rings is 2. The van der Waals surface area contributed by atoms with Gasteiger partial charge in [0.2, 0.25) is 5.91 Å². The highest BCUT2D eigenvalue weighted by Crippen LogP contribution is 2.16. The van der Waals surface area contributed by atoms with E-state index in [4.69, 9.17) is 16.7 Å². The van der Waals surface area contributed by atoms with Crippen molar-refractivity contribution in [3.63, 3.8) is 0 Å². The van der Waals surface area contributed by atoms with E-state index in [1.54, 1.807) is 30.0 Å². The molecule has 0 unspecified atom stereocenters. The minimum Gasteiger partial charge on any atom is -0.392 e. The number of aliphatic hydroxyl groups excluding tert-OH is 1. The van der Waals surface area contributed by atoms with Crippen molar-refractivity contribution in [2.45, 2.75) is 12.4 Å². The molecule has 2 rings (SSSR count). The van der Waals surface area contributed by atoms with Crippen LogP contribution in [0.2, 0.25) is 5.02 Å². The third-order valence-corrected chi connectivity index (χ3v) is 4.05. The van der Waals surface area contributed by atoms with Crippen molar-refractivity contribution in [2.75, 3.05) is 11.1 Å². The van der Waals surface area contributed by atoms with E-state index < -0.39 is 0 Å². The molecular weight excluding hydrogens is 306 g/mol. The summed E-state index contributed by atoms with van der Waals surface area (Å²) in [7, 11) is 0. The van der Waals surface area contributed by atoms with Gasteiger partial charge >= 0.3 is 0 Å². The Labute approximate surface area is 133 Å². The number of aliphatic hydroxyl groups is 1. The molecule has 0 saturated heterocycles. The molecule has 5 heteroatoms. The number of carbonyl (C=O) groups excluding carboxylic acids is 1. The van der Waals surface area contributed by atoms with Crippen LogP contribution in [0.5, 0.6) is 0 Å². The van der Waals surface area contributed by atoms with Crippen molar-refractivity contribution < 1.29 is 9.90 Å². The predicted octanol–water partition coefficient (Wildman–Crippen LogP) is 3.70. The van der Waals surface area contributed by atoms with Gasteiger partial charge in [0.05, 0.1) is 12.4 Å². The standard InChI is InChI=1S/C16H16ClNO2S/c17-14-2-1-3-15(8-14)18-16(20)11-21-10-13-6-4-12(9-19)5-7-13/h1-8,19H,9-11H2,(H,18,20). The maximum atomic E-state index is 11.8. The Kier molecular flexibility index (Phi) is 6.11. The van der Waals surface area contributed by atoms with E-state index in [-0.39, 0.29) is 12.5 Å². The van der Waals surface area contributed by atoms with Crippen LogP contribution in [-0.2, 0) is 17.2 Å². The summed E-state index contributed by atoms with van der Waals surface area (Å²) in [5.74, 6) is 1.09. The van der Waals surface area contributed by atoms with Crippen molar-refractivity contribution >= 4 is 35.0 Å². The average molecular weight is 322 g/mol. The molecular formula is C16H16ClNO2S. The molecule has 0 saturated carbocycles. The van der Waals surface area contributed by atoms with E-state index in [1.807, 2.05) is 30.3 Å². The van der Waals surface area contributed by atoms with Gasteiger partial charge in [0.15, 0.2) is 0 Å². The van der Waals surface area contributed by atoms with Crippen LogP contribution in [-0.4, -0.2) is 16.8 Å². The quantitative estimate of drug-likeness (QED) is 0.853. The summed E-state index contributed by atoms with van der Waals surface area (Å²) in [5, 5.41) is 12.4. The number of hydrogen-bond donors (Lipinski definition) is 2. The average Bonchev–Trinajstić information content (AvgIpc) is 2.48. The minimum absolute atomic E-state index is 0.0470. The molecule has 0 aliphatic carbocycles. The summed E-state index contributed by atoms with van der Waals surface area (Å²) < 4.78 is 0. The maximum absolute atomic E-state index is 11.8. The molecule has 2 aromatic carbocycles. The van der Waals surface area contributed by atoms with Gasteiger partial charge in [-0.3, -0.25) is 4.79 Å². The highest BCUT2D eigenvalue weighted by molar-refractivity contribution is 7.99. The molecule has 0 heterocycles. The van der Waals surface area contributed by atoms with Crippen LogP contribution in [0.25, 0.3) is 0 Å². The van der Waals surface area contributed by atoms with E-state index >= 15 is 0 Å². The Balaban J connectivity index is 1.76. The molecule has 0 fully saturated rings. The fourth-order valence-electron chi connectivity index (χ4n) is 1.77. The molecule has 0 aromatic heterocycles. The van der Waals surface area contributed by atoms with Crippen molar-refractivity contribution in [1.82, 2.24) is 0 Å². The third-order valence-electron chi connectivity index (χ3n) is 2.82. The predicted molar refractivity (Wildman–Crippen MR) is 88.6 cm³/mol. The lowest BCUT2D eigenvalue weighted by atomic mass is 10.2. The van der Waals surface area contributed by atoms with Crippen LogP contribution in [0.3, 0.4) is 0 Å². The second-order valence-corrected chi connectivity index (χ2v) is 5.95. The second-order valence-electron chi connectivity index (χ2n) is 4.53. The van der Waals surface area contributed by atoms with Gasteiger partial charge in [-0.15, -0.1) is 11.8 Å². The van der Waals surface area contributed by atoms with Gasteiger partial charge in [0.1, 0.15) is 0 Å². The highest BCUT2D eigenvalue weighted by Gasteiger charge is 2.03. The van der Waals surface area contributed by atoms with E-state index in [9.17, 15) is 4.79 Å². The Morgan fingerprint density at radius 3 is 2.52 bits per heavy atom. The van der Waals surface area contributed by atoms with E-state index in [0.29, 0.717) is 16.5 Å². The molecule has 3 nitrogen and oxygen atoms in total. The van der Waals surface area contributed by atoms with Crippen LogP contribution in [0.15, 0.2) is 48.5 Å². The van der Waals surface area contributed by atoms with Gasteiger partial charge in [0, 0.05) is 16.5 Å². The molecule has 0 radical (unpaired) electrons. The smallest absolute Gasteiger partial charge is 0.234 e. The minimum atomic E-state index is -0.0470. The second kappa shape index (κ2) is 8.08. The molecule has 2 aromatic rings. The molecule has 0 bridgehead atoms. The van der Waals surface area contributed by atoms with Gasteiger partial charge in [0.25, 0.3) is 0 Å². The topological polar surface area (TPSA) is 49.3 Å². The van der Waals surface area contributed by atoms with Gasteiger partial charge in [-0.05, 0) is 29.3 Å². The number of hydrogen-bond acceptors (Lipinski definition) is 3. The number of carbonyl (C=O) groups is 1. The molecule has 0 atom stereocenters. The van der Waals surface area contributed by atoms with Gasteiger partial charge < -0.3 is 10.4 Å². The first kappa shape index (κ1) is 15.9. The van der Waals surface area contributed by atoms with E-state index in [2.05, 4.69) is 5.32 Å². The largest absolute Gasteiger partial charge is 0.392 e. The van der Waals surface area contributed by atoms with Crippen LogP contribution in [0.4, 0.5) is 5.69 Å². The van der Waals surface area contributed by atoms with E-state index in [0.717, 1.165) is 16.9 Å². The van der Waals surface area contributed by atoms with Crippen molar-refractivity contribution in [3.05, 3.63) is 64.7 Å². The Morgan fingerprint density at radius 2 is 1.86 bits per heavy atom. The fraction of sp³-hybridized carbons (Fsp3) is 0.188. The van der Waals surface area contributed by atoms with Gasteiger partial charge in [-0.25, -0.2) is 0 Å². The SMILES string of the molecule is O=C(CSCc1ccc(CO)cc1)Nc1cccc(Cl)c1. The summed E-state index contributed by atoms with van der Waals surface area (Å²) in [6, 6.07) is 14.8. The lowest BCUT2D eigenvalue weighted by Gasteiger charge is -2.06. The molecule has 0 aliphatic heterocycles. The molecule has 110 valence electrons. The van der Waals surface area contributed by atoms with Crippen molar-refractivity contribution in [2.24, 2.45) is 0 Å². The van der Waals surface area contributed by atoms with Crippen molar-refractivity contribution in [1.29, 1.82) is 0 Å². The maximum Gasteiger partial charge on any atom is 0.234 e. The number of rotatable bonds is 6. The summed E-state index contributed by atoms with van der Waals surface area (Å²) in [4.78, 5) is 11.8. The molecule has 0 aliphatic rings. The van der Waals surface area contributed by atoms with Crippen LogP contribution >= 0.6 is 23.4 Å². The van der Waals surface area contributed by atoms with Crippen LogP contribution in [0.1, 0.15) is 11.1 Å². The molecule has 2 N–H and O–H groups in total. The zero-order valence-electron chi connectivity index (χ0n) is 11.4.